The Balaban J connectivity index is 1.64. The zero-order valence-electron chi connectivity index (χ0n) is 11.2. The predicted octanol–water partition coefficient (Wildman–Crippen LogP) is 2.01. The number of anilines is 1. The van der Waals surface area contributed by atoms with Gasteiger partial charge in [0.15, 0.2) is 0 Å². The van der Waals surface area contributed by atoms with Gasteiger partial charge in [-0.2, -0.15) is 0 Å². The Bertz CT molecular complexity index is 556. The summed E-state index contributed by atoms with van der Waals surface area (Å²) in [6, 6.07) is 7.79. The second-order valence-electron chi connectivity index (χ2n) is 5.08. The van der Waals surface area contributed by atoms with Crippen molar-refractivity contribution in [2.24, 2.45) is 5.92 Å². The molecule has 1 amide bonds. The summed E-state index contributed by atoms with van der Waals surface area (Å²) >= 11 is 0. The Hall–Kier alpha value is -2.14. The number of carbonyl (C=O) groups is 1. The van der Waals surface area contributed by atoms with Crippen LogP contribution in [0.3, 0.4) is 0 Å². The molecule has 1 atom stereocenters. The first-order valence-corrected chi connectivity index (χ1v) is 6.93. The van der Waals surface area contributed by atoms with E-state index in [1.807, 2.05) is 24.3 Å². The van der Waals surface area contributed by atoms with E-state index in [2.05, 4.69) is 20.6 Å². The fraction of sp³-hybridized carbons (Fsp3) is 0.333. The highest BCUT2D eigenvalue weighted by Gasteiger charge is 2.20. The molecule has 0 aliphatic carbocycles. The van der Waals surface area contributed by atoms with Crippen LogP contribution in [0.15, 0.2) is 36.8 Å². The number of aromatic amines is 1. The van der Waals surface area contributed by atoms with E-state index in [-0.39, 0.29) is 11.8 Å². The monoisotopic (exact) mass is 270 g/mol. The molecule has 1 unspecified atom stereocenters. The molecule has 20 heavy (non-hydrogen) atoms. The number of amides is 1. The summed E-state index contributed by atoms with van der Waals surface area (Å²) in [7, 11) is 0. The Labute approximate surface area is 117 Å². The lowest BCUT2D eigenvalue weighted by Crippen LogP contribution is -2.37. The van der Waals surface area contributed by atoms with Gasteiger partial charge in [-0.15, -0.1) is 0 Å². The van der Waals surface area contributed by atoms with Crippen LogP contribution in [0.4, 0.5) is 5.69 Å². The minimum Gasteiger partial charge on any atom is -0.345 e. The van der Waals surface area contributed by atoms with Gasteiger partial charge in [0, 0.05) is 12.2 Å². The van der Waals surface area contributed by atoms with Crippen LogP contribution in [0.5, 0.6) is 0 Å². The van der Waals surface area contributed by atoms with Crippen molar-refractivity contribution in [3.8, 4) is 11.3 Å². The highest BCUT2D eigenvalue weighted by molar-refractivity contribution is 5.93. The minimum absolute atomic E-state index is 0.0797. The largest absolute Gasteiger partial charge is 0.345 e. The molecule has 0 saturated carbocycles. The Kier molecular flexibility index (Phi) is 3.78. The number of hydrogen-bond acceptors (Lipinski definition) is 3. The smallest absolute Gasteiger partial charge is 0.228 e. The Morgan fingerprint density at radius 2 is 2.15 bits per heavy atom. The number of carbonyl (C=O) groups excluding carboxylic acids is 1. The van der Waals surface area contributed by atoms with Crippen molar-refractivity contribution in [3.05, 3.63) is 36.8 Å². The van der Waals surface area contributed by atoms with E-state index in [0.717, 1.165) is 42.9 Å². The van der Waals surface area contributed by atoms with Crippen LogP contribution in [0.25, 0.3) is 11.3 Å². The number of rotatable bonds is 3. The van der Waals surface area contributed by atoms with Crippen LogP contribution in [0, 0.1) is 5.92 Å². The van der Waals surface area contributed by atoms with Gasteiger partial charge >= 0.3 is 0 Å². The minimum atomic E-state index is 0.0797. The molecule has 1 aliphatic heterocycles. The lowest BCUT2D eigenvalue weighted by Gasteiger charge is -2.21. The van der Waals surface area contributed by atoms with Gasteiger partial charge in [-0.05, 0) is 37.1 Å². The van der Waals surface area contributed by atoms with Crippen molar-refractivity contribution in [2.75, 3.05) is 18.4 Å². The number of imidazole rings is 1. The molecule has 1 aliphatic rings. The SMILES string of the molecule is O=C(Nc1ccc(-c2cnc[nH]2)cc1)C1CCCNC1. The van der Waals surface area contributed by atoms with Gasteiger partial charge in [0.05, 0.1) is 24.1 Å². The summed E-state index contributed by atoms with van der Waals surface area (Å²) in [4.78, 5) is 19.2. The highest BCUT2D eigenvalue weighted by Crippen LogP contribution is 2.20. The molecular formula is C15H18N4O. The van der Waals surface area contributed by atoms with Crippen LogP contribution >= 0.6 is 0 Å². The molecule has 1 aromatic carbocycles. The van der Waals surface area contributed by atoms with E-state index in [1.54, 1.807) is 12.5 Å². The maximum absolute atomic E-state index is 12.1. The fourth-order valence-electron chi connectivity index (χ4n) is 2.47. The van der Waals surface area contributed by atoms with E-state index < -0.39 is 0 Å². The Morgan fingerprint density at radius 1 is 1.30 bits per heavy atom. The van der Waals surface area contributed by atoms with Crippen molar-refractivity contribution >= 4 is 11.6 Å². The second kappa shape index (κ2) is 5.88. The normalized spacial score (nSPS) is 18.7. The van der Waals surface area contributed by atoms with Crippen molar-refractivity contribution in [3.63, 3.8) is 0 Å². The zero-order valence-corrected chi connectivity index (χ0v) is 11.2. The summed E-state index contributed by atoms with van der Waals surface area (Å²) in [6.45, 7) is 1.79. The van der Waals surface area contributed by atoms with Gasteiger partial charge in [0.2, 0.25) is 5.91 Å². The topological polar surface area (TPSA) is 69.8 Å². The van der Waals surface area contributed by atoms with Crippen molar-refractivity contribution in [2.45, 2.75) is 12.8 Å². The standard InChI is InChI=1S/C15H18N4O/c20-15(12-2-1-7-16-8-12)19-13-5-3-11(4-6-13)14-9-17-10-18-14/h3-6,9-10,12,16H,1-2,7-8H2,(H,17,18)(H,19,20). The van der Waals surface area contributed by atoms with Crippen molar-refractivity contribution in [1.29, 1.82) is 0 Å². The zero-order chi connectivity index (χ0) is 13.8. The summed E-state index contributed by atoms with van der Waals surface area (Å²) in [5, 5.41) is 6.24. The molecule has 104 valence electrons. The van der Waals surface area contributed by atoms with Gasteiger partial charge in [-0.1, -0.05) is 12.1 Å². The van der Waals surface area contributed by atoms with Gasteiger partial charge < -0.3 is 15.6 Å². The van der Waals surface area contributed by atoms with Crippen LogP contribution in [0.1, 0.15) is 12.8 Å². The van der Waals surface area contributed by atoms with E-state index in [1.165, 1.54) is 0 Å². The second-order valence-corrected chi connectivity index (χ2v) is 5.08. The van der Waals surface area contributed by atoms with Crippen molar-refractivity contribution in [1.82, 2.24) is 15.3 Å². The average molecular weight is 270 g/mol. The summed E-state index contributed by atoms with van der Waals surface area (Å²) in [5.41, 5.74) is 2.86. The third-order valence-corrected chi connectivity index (χ3v) is 3.63. The molecule has 0 radical (unpaired) electrons. The number of aromatic nitrogens is 2. The summed E-state index contributed by atoms with van der Waals surface area (Å²) < 4.78 is 0. The first-order chi connectivity index (χ1) is 9.83. The number of benzene rings is 1. The molecule has 0 spiro atoms. The van der Waals surface area contributed by atoms with Crippen molar-refractivity contribution < 1.29 is 4.79 Å². The van der Waals surface area contributed by atoms with Gasteiger partial charge in [-0.25, -0.2) is 4.98 Å². The van der Waals surface area contributed by atoms with Crippen LogP contribution in [-0.2, 0) is 4.79 Å². The molecule has 1 aromatic heterocycles. The van der Waals surface area contributed by atoms with Gasteiger partial charge in [-0.3, -0.25) is 4.79 Å². The summed E-state index contributed by atoms with van der Waals surface area (Å²) in [5.74, 6) is 0.183. The molecule has 0 bridgehead atoms. The maximum atomic E-state index is 12.1. The first kappa shape index (κ1) is 12.9. The number of hydrogen-bond donors (Lipinski definition) is 3. The highest BCUT2D eigenvalue weighted by atomic mass is 16.1. The lowest BCUT2D eigenvalue weighted by atomic mass is 9.99. The summed E-state index contributed by atoms with van der Waals surface area (Å²) in [6.07, 6.45) is 5.46. The molecule has 3 rings (SSSR count). The first-order valence-electron chi connectivity index (χ1n) is 6.93. The fourth-order valence-corrected chi connectivity index (χ4v) is 2.47. The molecular weight excluding hydrogens is 252 g/mol. The molecule has 5 nitrogen and oxygen atoms in total. The molecule has 5 heteroatoms. The van der Waals surface area contributed by atoms with Gasteiger partial charge in [0.25, 0.3) is 0 Å². The molecule has 2 heterocycles. The number of piperidine rings is 1. The quantitative estimate of drug-likeness (QED) is 0.799. The Morgan fingerprint density at radius 3 is 2.80 bits per heavy atom. The van der Waals surface area contributed by atoms with Crippen LogP contribution in [-0.4, -0.2) is 29.0 Å². The third kappa shape index (κ3) is 2.88. The third-order valence-electron chi connectivity index (χ3n) is 3.63. The predicted molar refractivity (Wildman–Crippen MR) is 78.2 cm³/mol. The molecule has 2 aromatic rings. The molecule has 1 fully saturated rings. The van der Waals surface area contributed by atoms with E-state index >= 15 is 0 Å². The van der Waals surface area contributed by atoms with E-state index in [0.29, 0.717) is 0 Å². The molecule has 1 saturated heterocycles. The van der Waals surface area contributed by atoms with Crippen LogP contribution < -0.4 is 10.6 Å². The van der Waals surface area contributed by atoms with Gasteiger partial charge in [0.1, 0.15) is 0 Å². The molecule has 3 N–H and O–H groups in total. The number of H-pyrrole nitrogens is 1. The van der Waals surface area contributed by atoms with E-state index in [9.17, 15) is 4.79 Å². The van der Waals surface area contributed by atoms with Crippen LogP contribution in [0.2, 0.25) is 0 Å². The lowest BCUT2D eigenvalue weighted by molar-refractivity contribution is -0.120. The maximum Gasteiger partial charge on any atom is 0.228 e. The van der Waals surface area contributed by atoms with E-state index in [4.69, 9.17) is 0 Å². The average Bonchev–Trinajstić information content (AvgIpc) is 3.03. The number of nitrogens with one attached hydrogen (secondary N) is 3. The number of nitrogens with zero attached hydrogens (tertiary/aromatic N) is 1.